The van der Waals surface area contributed by atoms with Gasteiger partial charge in [0.2, 0.25) is 5.91 Å². The van der Waals surface area contributed by atoms with Crippen molar-refractivity contribution in [2.24, 2.45) is 11.7 Å². The highest BCUT2D eigenvalue weighted by Crippen LogP contribution is 2.16. The molecule has 0 saturated heterocycles. The third-order valence-electron chi connectivity index (χ3n) is 3.57. The fourth-order valence-electron chi connectivity index (χ4n) is 2.37. The Kier molecular flexibility index (Phi) is 3.96. The Hall–Kier alpha value is -1.43. The van der Waals surface area contributed by atoms with Crippen LogP contribution in [0.2, 0.25) is 0 Å². The summed E-state index contributed by atoms with van der Waals surface area (Å²) in [5, 5.41) is 8.30. The molecule has 1 aromatic rings. The van der Waals surface area contributed by atoms with Gasteiger partial charge in [0.05, 0.1) is 12.5 Å². The Morgan fingerprint density at radius 2 is 2.33 bits per heavy atom. The number of hydrogen-bond donors (Lipinski definition) is 1. The van der Waals surface area contributed by atoms with Crippen LogP contribution in [0, 0.1) is 5.92 Å². The molecule has 0 radical (unpaired) electrons. The Labute approximate surface area is 107 Å². The summed E-state index contributed by atoms with van der Waals surface area (Å²) < 4.78 is 2.12. The molecule has 1 aromatic heterocycles. The highest BCUT2D eigenvalue weighted by Gasteiger charge is 2.23. The lowest BCUT2D eigenvalue weighted by atomic mass is 10.1. The molecular weight excluding hydrogens is 230 g/mol. The van der Waals surface area contributed by atoms with Gasteiger partial charge in [-0.25, -0.2) is 0 Å². The van der Waals surface area contributed by atoms with Gasteiger partial charge in [0.25, 0.3) is 0 Å². The lowest BCUT2D eigenvalue weighted by Crippen LogP contribution is -2.36. The third kappa shape index (κ3) is 2.38. The van der Waals surface area contributed by atoms with Gasteiger partial charge in [0.1, 0.15) is 5.82 Å². The van der Waals surface area contributed by atoms with Crippen LogP contribution in [0.5, 0.6) is 0 Å². The zero-order valence-corrected chi connectivity index (χ0v) is 11.1. The van der Waals surface area contributed by atoms with Crippen molar-refractivity contribution >= 4 is 5.91 Å². The normalized spacial score (nSPS) is 15.5. The van der Waals surface area contributed by atoms with Gasteiger partial charge < -0.3 is 15.2 Å². The largest absolute Gasteiger partial charge is 0.338 e. The van der Waals surface area contributed by atoms with E-state index in [4.69, 9.17) is 5.73 Å². The van der Waals surface area contributed by atoms with Crippen LogP contribution in [0.25, 0.3) is 0 Å². The first-order valence-corrected chi connectivity index (χ1v) is 6.53. The van der Waals surface area contributed by atoms with E-state index in [1.807, 2.05) is 6.92 Å². The van der Waals surface area contributed by atoms with Gasteiger partial charge in [-0.05, 0) is 12.8 Å². The lowest BCUT2D eigenvalue weighted by molar-refractivity contribution is -0.134. The molecule has 0 saturated carbocycles. The molecule has 100 valence electrons. The van der Waals surface area contributed by atoms with E-state index in [1.165, 1.54) is 0 Å². The number of fused-ring (bicyclic) bond motifs is 1. The van der Waals surface area contributed by atoms with E-state index in [2.05, 4.69) is 14.8 Å². The molecule has 6 nitrogen and oxygen atoms in total. The van der Waals surface area contributed by atoms with Gasteiger partial charge >= 0.3 is 0 Å². The number of carbonyl (C=O) groups is 1. The average Bonchev–Trinajstić information content (AvgIpc) is 2.95. The molecule has 1 unspecified atom stereocenters. The van der Waals surface area contributed by atoms with Gasteiger partial charge in [0, 0.05) is 26.6 Å². The molecule has 18 heavy (non-hydrogen) atoms. The molecular formula is C12H21N5O. The van der Waals surface area contributed by atoms with Crippen molar-refractivity contribution in [1.29, 1.82) is 0 Å². The van der Waals surface area contributed by atoms with Crippen LogP contribution in [-0.4, -0.2) is 39.2 Å². The van der Waals surface area contributed by atoms with Crippen LogP contribution in [0.4, 0.5) is 0 Å². The minimum atomic E-state index is -0.0871. The molecule has 1 aliphatic heterocycles. The average molecular weight is 251 g/mol. The van der Waals surface area contributed by atoms with Crippen molar-refractivity contribution in [1.82, 2.24) is 19.7 Å². The van der Waals surface area contributed by atoms with Gasteiger partial charge in [-0.1, -0.05) is 6.92 Å². The summed E-state index contributed by atoms with van der Waals surface area (Å²) >= 11 is 0. The molecule has 6 heteroatoms. The van der Waals surface area contributed by atoms with E-state index in [1.54, 1.807) is 11.9 Å². The lowest BCUT2D eigenvalue weighted by Gasteiger charge is -2.21. The molecule has 0 aliphatic carbocycles. The summed E-state index contributed by atoms with van der Waals surface area (Å²) in [6.45, 7) is 3.87. The van der Waals surface area contributed by atoms with Crippen molar-refractivity contribution in [3.05, 3.63) is 11.6 Å². The maximum Gasteiger partial charge on any atom is 0.227 e. The minimum Gasteiger partial charge on any atom is -0.338 e. The van der Waals surface area contributed by atoms with Crippen LogP contribution in [0.3, 0.4) is 0 Å². The smallest absolute Gasteiger partial charge is 0.227 e. The van der Waals surface area contributed by atoms with Gasteiger partial charge in [0.15, 0.2) is 5.82 Å². The zero-order chi connectivity index (χ0) is 13.1. The SMILES string of the molecule is CCC(CN)C(=O)N(C)Cc1nnc2n1CCC2. The molecule has 0 spiro atoms. The van der Waals surface area contributed by atoms with Crippen molar-refractivity contribution in [2.75, 3.05) is 13.6 Å². The second-order valence-corrected chi connectivity index (χ2v) is 4.82. The van der Waals surface area contributed by atoms with E-state index in [0.29, 0.717) is 13.1 Å². The molecule has 0 bridgehead atoms. The number of aromatic nitrogens is 3. The maximum absolute atomic E-state index is 12.1. The molecule has 1 amide bonds. The van der Waals surface area contributed by atoms with Gasteiger partial charge in [-0.15, -0.1) is 10.2 Å². The molecule has 0 aromatic carbocycles. The number of hydrogen-bond acceptors (Lipinski definition) is 4. The third-order valence-corrected chi connectivity index (χ3v) is 3.57. The summed E-state index contributed by atoms with van der Waals surface area (Å²) in [5.41, 5.74) is 5.60. The number of amides is 1. The minimum absolute atomic E-state index is 0.0871. The van der Waals surface area contributed by atoms with Crippen molar-refractivity contribution in [3.8, 4) is 0 Å². The fraction of sp³-hybridized carbons (Fsp3) is 0.750. The Balaban J connectivity index is 2.02. The van der Waals surface area contributed by atoms with E-state index in [9.17, 15) is 4.79 Å². The number of nitrogens with two attached hydrogens (primary N) is 1. The Bertz CT molecular complexity index is 424. The summed E-state index contributed by atoms with van der Waals surface area (Å²) in [7, 11) is 1.80. The van der Waals surface area contributed by atoms with Crippen LogP contribution in [-0.2, 0) is 24.3 Å². The predicted octanol–water partition coefficient (Wildman–Crippen LogP) is 0.168. The first-order valence-electron chi connectivity index (χ1n) is 6.53. The molecule has 2 N–H and O–H groups in total. The van der Waals surface area contributed by atoms with Crippen molar-refractivity contribution in [2.45, 2.75) is 39.3 Å². The van der Waals surface area contributed by atoms with Gasteiger partial charge in [-0.2, -0.15) is 0 Å². The highest BCUT2D eigenvalue weighted by molar-refractivity contribution is 5.78. The molecule has 1 aliphatic rings. The molecule has 2 rings (SSSR count). The van der Waals surface area contributed by atoms with Crippen LogP contribution >= 0.6 is 0 Å². The predicted molar refractivity (Wildman–Crippen MR) is 67.7 cm³/mol. The standard InChI is InChI=1S/C12H21N5O/c1-3-9(7-13)12(18)16(2)8-11-15-14-10-5-4-6-17(10)11/h9H,3-8,13H2,1-2H3. The maximum atomic E-state index is 12.1. The van der Waals surface area contributed by atoms with E-state index < -0.39 is 0 Å². The second-order valence-electron chi connectivity index (χ2n) is 4.82. The highest BCUT2D eigenvalue weighted by atomic mass is 16.2. The van der Waals surface area contributed by atoms with E-state index in [-0.39, 0.29) is 11.8 Å². The number of nitrogens with zero attached hydrogens (tertiary/aromatic N) is 4. The molecule has 2 heterocycles. The summed E-state index contributed by atoms with van der Waals surface area (Å²) in [6.07, 6.45) is 2.89. The van der Waals surface area contributed by atoms with Gasteiger partial charge in [-0.3, -0.25) is 4.79 Å². The number of aryl methyl sites for hydroxylation is 1. The Morgan fingerprint density at radius 3 is 3.00 bits per heavy atom. The molecule has 1 atom stereocenters. The van der Waals surface area contributed by atoms with Crippen molar-refractivity contribution < 1.29 is 4.79 Å². The number of rotatable bonds is 5. The number of carbonyl (C=O) groups excluding carboxylic acids is 1. The van der Waals surface area contributed by atoms with E-state index in [0.717, 1.165) is 37.5 Å². The zero-order valence-electron chi connectivity index (χ0n) is 11.1. The van der Waals surface area contributed by atoms with Crippen LogP contribution < -0.4 is 5.73 Å². The first-order chi connectivity index (χ1) is 8.67. The summed E-state index contributed by atoms with van der Waals surface area (Å²) in [5.74, 6) is 1.92. The van der Waals surface area contributed by atoms with Crippen molar-refractivity contribution in [3.63, 3.8) is 0 Å². The monoisotopic (exact) mass is 251 g/mol. The summed E-state index contributed by atoms with van der Waals surface area (Å²) in [4.78, 5) is 13.8. The van der Waals surface area contributed by atoms with Crippen LogP contribution in [0.15, 0.2) is 0 Å². The first kappa shape index (κ1) is 13.0. The Morgan fingerprint density at radius 1 is 1.56 bits per heavy atom. The van der Waals surface area contributed by atoms with Crippen LogP contribution in [0.1, 0.15) is 31.4 Å². The fourth-order valence-corrected chi connectivity index (χ4v) is 2.37. The summed E-state index contributed by atoms with van der Waals surface area (Å²) in [6, 6.07) is 0. The molecule has 0 fully saturated rings. The second kappa shape index (κ2) is 5.48. The van der Waals surface area contributed by atoms with E-state index >= 15 is 0 Å². The topological polar surface area (TPSA) is 77.0 Å². The quantitative estimate of drug-likeness (QED) is 0.809.